The number of likely N-dealkylation sites (N-methyl/N-ethyl adjacent to an activating group) is 1. The Kier molecular flexibility index (Phi) is 7.90. The van der Waals surface area contributed by atoms with Crippen molar-refractivity contribution in [2.24, 2.45) is 0 Å². The molecule has 1 aromatic carbocycles. The molecular formula is C16H25N3O4. The van der Waals surface area contributed by atoms with Crippen LogP contribution in [0.4, 0.5) is 5.69 Å². The first-order valence-corrected chi connectivity index (χ1v) is 7.59. The van der Waals surface area contributed by atoms with Crippen LogP contribution in [-0.2, 0) is 9.59 Å². The minimum atomic E-state index is -0.729. The van der Waals surface area contributed by atoms with Gasteiger partial charge in [0.05, 0.1) is 19.9 Å². The standard InChI is InChI=1S/C16H25N3O4/c1-5-19(6-2)10-9-17-15(20)16(21)18-13-8-7-12(22-3)11-14(13)23-4/h7-8,11H,5-6,9-10H2,1-4H3,(H,17,20)(H,18,21). The highest BCUT2D eigenvalue weighted by atomic mass is 16.5. The van der Waals surface area contributed by atoms with Crippen molar-refractivity contribution in [1.29, 1.82) is 0 Å². The number of nitrogens with zero attached hydrogens (tertiary/aromatic N) is 1. The number of hydrogen-bond acceptors (Lipinski definition) is 5. The summed E-state index contributed by atoms with van der Waals surface area (Å²) >= 11 is 0. The first-order valence-electron chi connectivity index (χ1n) is 7.59. The van der Waals surface area contributed by atoms with Gasteiger partial charge < -0.3 is 25.0 Å². The van der Waals surface area contributed by atoms with Crippen molar-refractivity contribution in [3.05, 3.63) is 18.2 Å². The maximum atomic E-state index is 11.9. The van der Waals surface area contributed by atoms with Gasteiger partial charge in [0.25, 0.3) is 0 Å². The smallest absolute Gasteiger partial charge is 0.313 e. The quantitative estimate of drug-likeness (QED) is 0.700. The molecular weight excluding hydrogens is 298 g/mol. The van der Waals surface area contributed by atoms with Crippen molar-refractivity contribution in [2.45, 2.75) is 13.8 Å². The molecule has 7 heteroatoms. The molecule has 2 amide bonds. The summed E-state index contributed by atoms with van der Waals surface area (Å²) in [6.07, 6.45) is 0. The summed E-state index contributed by atoms with van der Waals surface area (Å²) in [5.74, 6) is -0.375. The van der Waals surface area contributed by atoms with E-state index >= 15 is 0 Å². The third-order valence-electron chi connectivity index (χ3n) is 3.47. The van der Waals surface area contributed by atoms with E-state index in [0.29, 0.717) is 30.3 Å². The van der Waals surface area contributed by atoms with Crippen molar-refractivity contribution in [3.63, 3.8) is 0 Å². The minimum absolute atomic E-state index is 0.414. The summed E-state index contributed by atoms with van der Waals surface area (Å²) < 4.78 is 10.3. The molecule has 0 aliphatic rings. The van der Waals surface area contributed by atoms with E-state index in [1.807, 2.05) is 13.8 Å². The Balaban J connectivity index is 2.56. The summed E-state index contributed by atoms with van der Waals surface area (Å²) in [6.45, 7) is 7.04. The summed E-state index contributed by atoms with van der Waals surface area (Å²) in [7, 11) is 3.02. The zero-order valence-corrected chi connectivity index (χ0v) is 14.1. The number of methoxy groups -OCH3 is 2. The molecule has 2 N–H and O–H groups in total. The van der Waals surface area contributed by atoms with Gasteiger partial charge in [-0.05, 0) is 25.2 Å². The number of amides is 2. The lowest BCUT2D eigenvalue weighted by Crippen LogP contribution is -2.40. The number of nitrogens with one attached hydrogen (secondary N) is 2. The van der Waals surface area contributed by atoms with Gasteiger partial charge in [0, 0.05) is 19.2 Å². The molecule has 0 saturated heterocycles. The van der Waals surface area contributed by atoms with E-state index in [2.05, 4.69) is 15.5 Å². The van der Waals surface area contributed by atoms with E-state index in [-0.39, 0.29) is 0 Å². The average molecular weight is 323 g/mol. The Morgan fingerprint density at radius 1 is 1.09 bits per heavy atom. The minimum Gasteiger partial charge on any atom is -0.497 e. The fourth-order valence-electron chi connectivity index (χ4n) is 2.03. The predicted molar refractivity (Wildman–Crippen MR) is 89.0 cm³/mol. The van der Waals surface area contributed by atoms with E-state index in [0.717, 1.165) is 13.1 Å². The van der Waals surface area contributed by atoms with Crippen molar-refractivity contribution in [1.82, 2.24) is 10.2 Å². The molecule has 0 unspecified atom stereocenters. The lowest BCUT2D eigenvalue weighted by molar-refractivity contribution is -0.136. The highest BCUT2D eigenvalue weighted by molar-refractivity contribution is 6.39. The van der Waals surface area contributed by atoms with E-state index in [4.69, 9.17) is 9.47 Å². The number of carbonyl (C=O) groups excluding carboxylic acids is 2. The summed E-state index contributed by atoms with van der Waals surface area (Å²) in [5, 5.41) is 5.14. The highest BCUT2D eigenvalue weighted by Gasteiger charge is 2.16. The number of carbonyl (C=O) groups is 2. The van der Waals surface area contributed by atoms with Crippen molar-refractivity contribution < 1.29 is 19.1 Å². The molecule has 0 bridgehead atoms. The van der Waals surface area contributed by atoms with Gasteiger partial charge in [-0.2, -0.15) is 0 Å². The second-order valence-corrected chi connectivity index (χ2v) is 4.80. The summed E-state index contributed by atoms with van der Waals surface area (Å²) in [5.41, 5.74) is 0.414. The Labute approximate surface area is 136 Å². The highest BCUT2D eigenvalue weighted by Crippen LogP contribution is 2.28. The maximum absolute atomic E-state index is 11.9. The molecule has 0 saturated carbocycles. The van der Waals surface area contributed by atoms with Crippen LogP contribution >= 0.6 is 0 Å². The Hall–Kier alpha value is -2.28. The molecule has 0 heterocycles. The van der Waals surface area contributed by atoms with Crippen LogP contribution in [0.25, 0.3) is 0 Å². The maximum Gasteiger partial charge on any atom is 0.313 e. The van der Waals surface area contributed by atoms with E-state index in [1.54, 1.807) is 18.2 Å². The number of anilines is 1. The second kappa shape index (κ2) is 9.68. The van der Waals surface area contributed by atoms with Crippen molar-refractivity contribution >= 4 is 17.5 Å². The average Bonchev–Trinajstić information content (AvgIpc) is 2.58. The molecule has 23 heavy (non-hydrogen) atoms. The molecule has 0 atom stereocenters. The van der Waals surface area contributed by atoms with E-state index < -0.39 is 11.8 Å². The number of rotatable bonds is 8. The monoisotopic (exact) mass is 323 g/mol. The molecule has 0 fully saturated rings. The lowest BCUT2D eigenvalue weighted by Gasteiger charge is -2.17. The van der Waals surface area contributed by atoms with Gasteiger partial charge in [-0.15, -0.1) is 0 Å². The topological polar surface area (TPSA) is 79.9 Å². The van der Waals surface area contributed by atoms with Gasteiger partial charge in [-0.3, -0.25) is 9.59 Å². The van der Waals surface area contributed by atoms with Gasteiger partial charge in [0.15, 0.2) is 0 Å². The fraction of sp³-hybridized carbons (Fsp3) is 0.500. The van der Waals surface area contributed by atoms with Crippen LogP contribution in [0.3, 0.4) is 0 Å². The zero-order chi connectivity index (χ0) is 17.2. The number of benzene rings is 1. The molecule has 0 aromatic heterocycles. The van der Waals surface area contributed by atoms with Crippen LogP contribution < -0.4 is 20.1 Å². The third kappa shape index (κ3) is 5.78. The van der Waals surface area contributed by atoms with E-state index in [9.17, 15) is 9.59 Å². The Morgan fingerprint density at radius 2 is 1.78 bits per heavy atom. The van der Waals surface area contributed by atoms with Crippen LogP contribution in [-0.4, -0.2) is 57.1 Å². The Bertz CT molecular complexity index is 530. The predicted octanol–water partition coefficient (Wildman–Crippen LogP) is 1.10. The summed E-state index contributed by atoms with van der Waals surface area (Å²) in [4.78, 5) is 25.9. The fourth-order valence-corrected chi connectivity index (χ4v) is 2.03. The number of ether oxygens (including phenoxy) is 2. The van der Waals surface area contributed by atoms with Gasteiger partial charge >= 0.3 is 11.8 Å². The molecule has 0 aliphatic carbocycles. The third-order valence-corrected chi connectivity index (χ3v) is 3.47. The first-order chi connectivity index (χ1) is 11.0. The molecule has 1 aromatic rings. The van der Waals surface area contributed by atoms with Crippen molar-refractivity contribution in [2.75, 3.05) is 45.7 Å². The molecule has 128 valence electrons. The Morgan fingerprint density at radius 3 is 2.35 bits per heavy atom. The van der Waals surface area contributed by atoms with Crippen LogP contribution in [0.2, 0.25) is 0 Å². The largest absolute Gasteiger partial charge is 0.497 e. The van der Waals surface area contributed by atoms with Gasteiger partial charge in [0.2, 0.25) is 0 Å². The van der Waals surface area contributed by atoms with Crippen LogP contribution in [0.5, 0.6) is 11.5 Å². The van der Waals surface area contributed by atoms with Crippen LogP contribution in [0, 0.1) is 0 Å². The molecule has 1 rings (SSSR count). The second-order valence-electron chi connectivity index (χ2n) is 4.80. The van der Waals surface area contributed by atoms with Crippen LogP contribution in [0.1, 0.15) is 13.8 Å². The van der Waals surface area contributed by atoms with Gasteiger partial charge in [0.1, 0.15) is 11.5 Å². The summed E-state index contributed by atoms with van der Waals surface area (Å²) in [6, 6.07) is 4.93. The van der Waals surface area contributed by atoms with Crippen molar-refractivity contribution in [3.8, 4) is 11.5 Å². The molecule has 7 nitrogen and oxygen atoms in total. The van der Waals surface area contributed by atoms with Gasteiger partial charge in [-0.25, -0.2) is 0 Å². The molecule has 0 radical (unpaired) electrons. The van der Waals surface area contributed by atoms with E-state index in [1.165, 1.54) is 14.2 Å². The first kappa shape index (κ1) is 18.8. The zero-order valence-electron chi connectivity index (χ0n) is 14.1. The normalized spacial score (nSPS) is 10.3. The van der Waals surface area contributed by atoms with Crippen LogP contribution in [0.15, 0.2) is 18.2 Å². The SMILES string of the molecule is CCN(CC)CCNC(=O)C(=O)Nc1ccc(OC)cc1OC. The molecule has 0 spiro atoms. The lowest BCUT2D eigenvalue weighted by atomic mass is 10.2. The van der Waals surface area contributed by atoms with Gasteiger partial charge in [-0.1, -0.05) is 13.8 Å². The number of hydrogen-bond donors (Lipinski definition) is 2. The molecule has 0 aliphatic heterocycles.